The van der Waals surface area contributed by atoms with E-state index < -0.39 is 0 Å². The third kappa shape index (κ3) is 3.55. The van der Waals surface area contributed by atoms with Crippen LogP contribution in [0.15, 0.2) is 6.07 Å². The second-order valence-corrected chi connectivity index (χ2v) is 6.55. The van der Waals surface area contributed by atoms with E-state index >= 15 is 0 Å². The van der Waals surface area contributed by atoms with Crippen molar-refractivity contribution in [1.82, 2.24) is 20.1 Å². The van der Waals surface area contributed by atoms with Gasteiger partial charge in [-0.15, -0.1) is 0 Å². The van der Waals surface area contributed by atoms with Gasteiger partial charge in [-0.1, -0.05) is 6.92 Å². The van der Waals surface area contributed by atoms with Crippen molar-refractivity contribution in [2.75, 3.05) is 25.1 Å². The highest BCUT2D eigenvalue weighted by Gasteiger charge is 2.28. The van der Waals surface area contributed by atoms with E-state index in [9.17, 15) is 0 Å². The van der Waals surface area contributed by atoms with Crippen LogP contribution in [0.3, 0.4) is 0 Å². The van der Waals surface area contributed by atoms with Gasteiger partial charge in [0.25, 0.3) is 0 Å². The van der Waals surface area contributed by atoms with Gasteiger partial charge in [-0.2, -0.15) is 16.9 Å². The molecule has 2 unspecified atom stereocenters. The third-order valence-electron chi connectivity index (χ3n) is 4.13. The van der Waals surface area contributed by atoms with Gasteiger partial charge in [0.15, 0.2) is 0 Å². The van der Waals surface area contributed by atoms with Crippen LogP contribution in [-0.4, -0.2) is 51.9 Å². The highest BCUT2D eigenvalue weighted by Crippen LogP contribution is 2.20. The molecular formula is C14H27N5S. The fourth-order valence-electron chi connectivity index (χ4n) is 2.79. The molecule has 2 rings (SSSR count). The van der Waals surface area contributed by atoms with Gasteiger partial charge in [0.05, 0.1) is 5.69 Å². The van der Waals surface area contributed by atoms with E-state index in [0.29, 0.717) is 6.04 Å². The van der Waals surface area contributed by atoms with E-state index in [0.717, 1.165) is 31.7 Å². The van der Waals surface area contributed by atoms with Gasteiger partial charge in [0.2, 0.25) is 0 Å². The van der Waals surface area contributed by atoms with Crippen molar-refractivity contribution in [3.8, 4) is 0 Å². The van der Waals surface area contributed by atoms with Gasteiger partial charge in [-0.3, -0.25) is 16.0 Å². The molecule has 1 fully saturated rings. The second-order valence-electron chi connectivity index (χ2n) is 5.40. The Morgan fingerprint density at radius 3 is 2.95 bits per heavy atom. The van der Waals surface area contributed by atoms with Crippen molar-refractivity contribution < 1.29 is 0 Å². The number of likely N-dealkylation sites (N-methyl/N-ethyl adjacent to an activating group) is 1. The Bertz CT molecular complexity index is 420. The maximum atomic E-state index is 5.83. The van der Waals surface area contributed by atoms with Crippen molar-refractivity contribution >= 4 is 11.8 Å². The number of thioether (sulfide) groups is 1. The van der Waals surface area contributed by atoms with Crippen LogP contribution < -0.4 is 11.3 Å². The summed E-state index contributed by atoms with van der Waals surface area (Å²) >= 11 is 2.02. The molecule has 6 heteroatoms. The lowest BCUT2D eigenvalue weighted by atomic mass is 10.0. The Hall–Kier alpha value is -0.560. The second kappa shape index (κ2) is 7.45. The smallest absolute Gasteiger partial charge is 0.0624 e. The molecule has 0 amide bonds. The number of hydrogen-bond acceptors (Lipinski definition) is 5. The summed E-state index contributed by atoms with van der Waals surface area (Å²) in [4.78, 5) is 2.43. The molecule has 0 radical (unpaired) electrons. The minimum absolute atomic E-state index is 0.277. The summed E-state index contributed by atoms with van der Waals surface area (Å²) in [6.45, 7) is 6.35. The monoisotopic (exact) mass is 297 g/mol. The lowest BCUT2D eigenvalue weighted by molar-refractivity contribution is 0.212. The number of nitrogens with two attached hydrogens (primary N) is 1. The Morgan fingerprint density at radius 2 is 2.35 bits per heavy atom. The molecule has 2 atom stereocenters. The molecule has 1 aromatic rings. The molecule has 0 aromatic carbocycles. The van der Waals surface area contributed by atoms with Gasteiger partial charge < -0.3 is 4.90 Å². The summed E-state index contributed by atoms with van der Waals surface area (Å²) in [5.74, 6) is 8.19. The zero-order valence-corrected chi connectivity index (χ0v) is 13.6. The number of aromatic nitrogens is 2. The summed E-state index contributed by atoms with van der Waals surface area (Å²) in [6, 6.07) is 2.99. The normalized spacial score (nSPS) is 22.1. The van der Waals surface area contributed by atoms with Crippen LogP contribution in [0.5, 0.6) is 0 Å². The Kier molecular flexibility index (Phi) is 5.89. The number of aryl methyl sites for hydroxylation is 2. The molecule has 5 nitrogen and oxygen atoms in total. The predicted octanol–water partition coefficient (Wildman–Crippen LogP) is 0.887. The molecule has 1 aliphatic heterocycles. The van der Waals surface area contributed by atoms with E-state index in [1.807, 2.05) is 11.8 Å². The summed E-state index contributed by atoms with van der Waals surface area (Å²) in [6.07, 6.45) is 1.92. The zero-order valence-electron chi connectivity index (χ0n) is 12.8. The Balaban J connectivity index is 2.10. The van der Waals surface area contributed by atoms with Gasteiger partial charge in [-0.05, 0) is 26.5 Å². The maximum Gasteiger partial charge on any atom is 0.0624 e. The van der Waals surface area contributed by atoms with Crippen LogP contribution >= 0.6 is 11.8 Å². The number of nitrogens with one attached hydrogen (secondary N) is 1. The fourth-order valence-corrected chi connectivity index (χ4v) is 4.10. The summed E-state index contributed by atoms with van der Waals surface area (Å²) in [7, 11) is 2.20. The largest absolute Gasteiger partial charge is 0.300 e. The first-order valence-electron chi connectivity index (χ1n) is 7.49. The average molecular weight is 297 g/mol. The molecule has 0 aliphatic carbocycles. The van der Waals surface area contributed by atoms with Crippen molar-refractivity contribution in [1.29, 1.82) is 0 Å². The molecule has 2 heterocycles. The van der Waals surface area contributed by atoms with Crippen molar-refractivity contribution in [3.05, 3.63) is 17.5 Å². The van der Waals surface area contributed by atoms with Crippen molar-refractivity contribution in [3.63, 3.8) is 0 Å². The summed E-state index contributed by atoms with van der Waals surface area (Å²) < 4.78 is 2.11. The van der Waals surface area contributed by atoms with E-state index in [2.05, 4.69) is 47.1 Å². The number of rotatable bonds is 6. The first kappa shape index (κ1) is 15.8. The SMILES string of the molecule is CCc1cc(CC(NN)C2CSCCN2C)n(CC)n1. The Morgan fingerprint density at radius 1 is 1.55 bits per heavy atom. The lowest BCUT2D eigenvalue weighted by Crippen LogP contribution is -2.55. The lowest BCUT2D eigenvalue weighted by Gasteiger charge is -2.37. The van der Waals surface area contributed by atoms with E-state index in [1.165, 1.54) is 17.1 Å². The van der Waals surface area contributed by atoms with Crippen molar-refractivity contribution in [2.24, 2.45) is 5.84 Å². The standard InChI is InChI=1S/C14H27N5S/c1-4-11-8-12(19(5-2)17-11)9-13(16-15)14-10-20-7-6-18(14)3/h8,13-14,16H,4-7,9-10,15H2,1-3H3. The minimum atomic E-state index is 0.277. The molecule has 1 aliphatic rings. The van der Waals surface area contributed by atoms with Crippen LogP contribution in [0.2, 0.25) is 0 Å². The minimum Gasteiger partial charge on any atom is -0.300 e. The summed E-state index contributed by atoms with van der Waals surface area (Å²) in [5, 5.41) is 4.63. The van der Waals surface area contributed by atoms with E-state index in [-0.39, 0.29) is 6.04 Å². The molecule has 0 saturated carbocycles. The molecule has 0 bridgehead atoms. The van der Waals surface area contributed by atoms with Crippen LogP contribution in [0.25, 0.3) is 0 Å². The third-order valence-corrected chi connectivity index (χ3v) is 5.17. The zero-order chi connectivity index (χ0) is 14.5. The quantitative estimate of drug-likeness (QED) is 0.603. The highest BCUT2D eigenvalue weighted by atomic mass is 32.2. The molecule has 0 spiro atoms. The summed E-state index contributed by atoms with van der Waals surface area (Å²) in [5.41, 5.74) is 5.49. The number of hydrazine groups is 1. The number of hydrogen-bond donors (Lipinski definition) is 2. The first-order chi connectivity index (χ1) is 9.69. The Labute approximate surface area is 126 Å². The van der Waals surface area contributed by atoms with Crippen LogP contribution in [-0.2, 0) is 19.4 Å². The molecular weight excluding hydrogens is 270 g/mol. The van der Waals surface area contributed by atoms with E-state index in [1.54, 1.807) is 0 Å². The number of nitrogens with zero attached hydrogens (tertiary/aromatic N) is 3. The van der Waals surface area contributed by atoms with Crippen molar-refractivity contribution in [2.45, 2.75) is 45.3 Å². The molecule has 1 aromatic heterocycles. The fraction of sp³-hybridized carbons (Fsp3) is 0.786. The molecule has 1 saturated heterocycles. The molecule has 20 heavy (non-hydrogen) atoms. The molecule has 3 N–H and O–H groups in total. The van der Waals surface area contributed by atoms with Gasteiger partial charge in [-0.25, -0.2) is 0 Å². The highest BCUT2D eigenvalue weighted by molar-refractivity contribution is 7.99. The molecule has 114 valence electrons. The van der Waals surface area contributed by atoms with Gasteiger partial charge in [0, 0.05) is 48.8 Å². The van der Waals surface area contributed by atoms with Gasteiger partial charge in [0.1, 0.15) is 0 Å². The van der Waals surface area contributed by atoms with Crippen LogP contribution in [0, 0.1) is 0 Å². The van der Waals surface area contributed by atoms with E-state index in [4.69, 9.17) is 5.84 Å². The van der Waals surface area contributed by atoms with Gasteiger partial charge >= 0.3 is 0 Å². The first-order valence-corrected chi connectivity index (χ1v) is 8.64. The van der Waals surface area contributed by atoms with Crippen LogP contribution in [0.4, 0.5) is 0 Å². The maximum absolute atomic E-state index is 5.83. The predicted molar refractivity (Wildman–Crippen MR) is 85.8 cm³/mol. The topological polar surface area (TPSA) is 59.1 Å². The average Bonchev–Trinajstić information content (AvgIpc) is 2.88. The van der Waals surface area contributed by atoms with Crippen LogP contribution in [0.1, 0.15) is 25.2 Å².